The highest BCUT2D eigenvalue weighted by Gasteiger charge is 2.39. The van der Waals surface area contributed by atoms with Crippen molar-refractivity contribution in [1.29, 1.82) is 0 Å². The van der Waals surface area contributed by atoms with E-state index in [1.54, 1.807) is 0 Å². The second kappa shape index (κ2) is 3.14. The Morgan fingerprint density at radius 3 is 2.64 bits per heavy atom. The molecule has 0 aliphatic heterocycles. The Morgan fingerprint density at radius 1 is 1.64 bits per heavy atom. The largest absolute Gasteiger partial charge is 0.393 e. The van der Waals surface area contributed by atoms with E-state index in [-0.39, 0.29) is 6.10 Å². The summed E-state index contributed by atoms with van der Waals surface area (Å²) in [6, 6.07) is 0. The zero-order valence-corrected chi connectivity index (χ0v) is 7.93. The third-order valence-corrected chi connectivity index (χ3v) is 3.55. The van der Waals surface area contributed by atoms with Gasteiger partial charge in [-0.2, -0.15) is 0 Å². The molecule has 0 heterocycles. The molecular formula is C10H20O. The normalized spacial score (nSPS) is 40.9. The molecule has 1 N–H and O–H groups in total. The Balaban J connectivity index is 2.64. The smallest absolute Gasteiger partial charge is 0.0545 e. The first-order valence-corrected chi connectivity index (χ1v) is 4.78. The van der Waals surface area contributed by atoms with E-state index in [2.05, 4.69) is 13.8 Å². The van der Waals surface area contributed by atoms with E-state index in [9.17, 15) is 5.11 Å². The first-order valence-electron chi connectivity index (χ1n) is 4.78. The van der Waals surface area contributed by atoms with E-state index in [4.69, 9.17) is 0 Å². The molecule has 0 radical (unpaired) electrons. The van der Waals surface area contributed by atoms with Crippen LogP contribution in [0.2, 0.25) is 0 Å². The fraction of sp³-hybridized carbons (Fsp3) is 1.00. The van der Waals surface area contributed by atoms with Gasteiger partial charge in [0.15, 0.2) is 0 Å². The summed E-state index contributed by atoms with van der Waals surface area (Å²) in [5.74, 6) is 0.549. The van der Waals surface area contributed by atoms with E-state index in [1.165, 1.54) is 25.7 Å². The highest BCUT2D eigenvalue weighted by molar-refractivity contribution is 4.89. The summed E-state index contributed by atoms with van der Waals surface area (Å²) >= 11 is 0. The molecule has 0 spiro atoms. The Morgan fingerprint density at radius 2 is 2.27 bits per heavy atom. The summed E-state index contributed by atoms with van der Waals surface area (Å²) in [4.78, 5) is 0. The second-order valence-corrected chi connectivity index (χ2v) is 4.25. The van der Waals surface area contributed by atoms with Gasteiger partial charge in [-0.25, -0.2) is 0 Å². The van der Waals surface area contributed by atoms with Crippen LogP contribution < -0.4 is 0 Å². The molecule has 0 aromatic rings. The van der Waals surface area contributed by atoms with Gasteiger partial charge in [-0.05, 0) is 31.1 Å². The van der Waals surface area contributed by atoms with Crippen molar-refractivity contribution in [2.24, 2.45) is 11.3 Å². The predicted octanol–water partition coefficient (Wildman–Crippen LogP) is 2.58. The van der Waals surface area contributed by atoms with Gasteiger partial charge in [-0.15, -0.1) is 0 Å². The Hall–Kier alpha value is -0.0400. The molecule has 0 aromatic carbocycles. The van der Waals surface area contributed by atoms with Crippen LogP contribution in [0.3, 0.4) is 0 Å². The minimum absolute atomic E-state index is 0.109. The van der Waals surface area contributed by atoms with Crippen LogP contribution in [0, 0.1) is 11.3 Å². The summed E-state index contributed by atoms with van der Waals surface area (Å²) in [6.07, 6.45) is 4.94. The van der Waals surface area contributed by atoms with E-state index in [0.29, 0.717) is 11.3 Å². The Kier molecular flexibility index (Phi) is 2.58. The van der Waals surface area contributed by atoms with Crippen molar-refractivity contribution in [2.45, 2.75) is 52.6 Å². The van der Waals surface area contributed by atoms with E-state index < -0.39 is 0 Å². The van der Waals surface area contributed by atoms with Crippen molar-refractivity contribution in [3.05, 3.63) is 0 Å². The van der Waals surface area contributed by atoms with Crippen LogP contribution in [0.15, 0.2) is 0 Å². The average molecular weight is 156 g/mol. The number of aliphatic hydroxyl groups excluding tert-OH is 1. The highest BCUT2D eigenvalue weighted by atomic mass is 16.3. The minimum atomic E-state index is -0.109. The average Bonchev–Trinajstić information content (AvgIpc) is 2.32. The maximum atomic E-state index is 9.52. The molecule has 1 heteroatoms. The molecule has 3 atom stereocenters. The van der Waals surface area contributed by atoms with Gasteiger partial charge >= 0.3 is 0 Å². The Bertz CT molecular complexity index is 131. The van der Waals surface area contributed by atoms with Crippen LogP contribution in [-0.4, -0.2) is 11.2 Å². The number of aliphatic hydroxyl groups is 1. The number of hydrogen-bond donors (Lipinski definition) is 1. The maximum Gasteiger partial charge on any atom is 0.0545 e. The second-order valence-electron chi connectivity index (χ2n) is 4.25. The summed E-state index contributed by atoms with van der Waals surface area (Å²) in [5.41, 5.74) is 0.425. The first kappa shape index (κ1) is 9.05. The molecule has 2 unspecified atom stereocenters. The lowest BCUT2D eigenvalue weighted by molar-refractivity contribution is 0.0564. The monoisotopic (exact) mass is 156 g/mol. The molecular weight excluding hydrogens is 136 g/mol. The van der Waals surface area contributed by atoms with Crippen LogP contribution >= 0.6 is 0 Å². The van der Waals surface area contributed by atoms with E-state index >= 15 is 0 Å². The summed E-state index contributed by atoms with van der Waals surface area (Å²) in [5, 5.41) is 9.52. The molecule has 11 heavy (non-hydrogen) atoms. The lowest BCUT2D eigenvalue weighted by Crippen LogP contribution is -2.29. The molecule has 1 aliphatic rings. The molecule has 66 valence electrons. The topological polar surface area (TPSA) is 20.2 Å². The quantitative estimate of drug-likeness (QED) is 0.651. The lowest BCUT2D eigenvalue weighted by atomic mass is 9.75. The summed E-state index contributed by atoms with van der Waals surface area (Å²) in [7, 11) is 0. The third kappa shape index (κ3) is 1.58. The van der Waals surface area contributed by atoms with Gasteiger partial charge in [0, 0.05) is 0 Å². The zero-order chi connectivity index (χ0) is 8.48. The van der Waals surface area contributed by atoms with Gasteiger partial charge in [-0.1, -0.05) is 26.7 Å². The van der Waals surface area contributed by atoms with Crippen molar-refractivity contribution in [2.75, 3.05) is 0 Å². The van der Waals surface area contributed by atoms with Crippen LogP contribution in [0.4, 0.5) is 0 Å². The molecule has 1 fully saturated rings. The highest BCUT2D eigenvalue weighted by Crippen LogP contribution is 2.46. The molecule has 0 amide bonds. The van der Waals surface area contributed by atoms with Crippen LogP contribution in [0.25, 0.3) is 0 Å². The number of rotatable bonds is 2. The van der Waals surface area contributed by atoms with Gasteiger partial charge < -0.3 is 5.11 Å². The van der Waals surface area contributed by atoms with Crippen molar-refractivity contribution < 1.29 is 5.11 Å². The number of hydrogen-bond acceptors (Lipinski definition) is 1. The van der Waals surface area contributed by atoms with Crippen LogP contribution in [0.5, 0.6) is 0 Å². The third-order valence-electron chi connectivity index (χ3n) is 3.55. The molecule has 1 rings (SSSR count). The van der Waals surface area contributed by atoms with Gasteiger partial charge in [0.1, 0.15) is 0 Å². The molecule has 0 saturated heterocycles. The fourth-order valence-corrected chi connectivity index (χ4v) is 2.52. The van der Waals surface area contributed by atoms with Crippen LogP contribution in [-0.2, 0) is 0 Å². The summed E-state index contributed by atoms with van der Waals surface area (Å²) < 4.78 is 0. The van der Waals surface area contributed by atoms with Crippen molar-refractivity contribution in [3.8, 4) is 0 Å². The molecule has 1 aliphatic carbocycles. The first-order chi connectivity index (χ1) is 5.10. The van der Waals surface area contributed by atoms with E-state index in [0.717, 1.165) is 0 Å². The lowest BCUT2D eigenvalue weighted by Gasteiger charge is -2.32. The molecule has 1 saturated carbocycles. The molecule has 0 aromatic heterocycles. The van der Waals surface area contributed by atoms with Gasteiger partial charge in [-0.3, -0.25) is 0 Å². The standard InChI is InChI=1S/C10H20O/c1-4-10(3)7-5-6-9(10)8(2)11/h8-9,11H,4-7H2,1-3H3/t8-,9?,10?/m1/s1. The van der Waals surface area contributed by atoms with Crippen molar-refractivity contribution >= 4 is 0 Å². The van der Waals surface area contributed by atoms with Crippen LogP contribution in [0.1, 0.15) is 46.5 Å². The maximum absolute atomic E-state index is 9.52. The molecule has 1 nitrogen and oxygen atoms in total. The zero-order valence-electron chi connectivity index (χ0n) is 7.93. The predicted molar refractivity (Wildman–Crippen MR) is 47.4 cm³/mol. The van der Waals surface area contributed by atoms with Crippen molar-refractivity contribution in [1.82, 2.24) is 0 Å². The van der Waals surface area contributed by atoms with Gasteiger partial charge in [0.2, 0.25) is 0 Å². The van der Waals surface area contributed by atoms with Gasteiger partial charge in [0.25, 0.3) is 0 Å². The SMILES string of the molecule is CCC1(C)CCCC1[C@@H](C)O. The minimum Gasteiger partial charge on any atom is -0.393 e. The van der Waals surface area contributed by atoms with Crippen molar-refractivity contribution in [3.63, 3.8) is 0 Å². The Labute approximate surface area is 69.8 Å². The van der Waals surface area contributed by atoms with E-state index in [1.807, 2.05) is 6.92 Å². The fourth-order valence-electron chi connectivity index (χ4n) is 2.52. The van der Waals surface area contributed by atoms with Gasteiger partial charge in [0.05, 0.1) is 6.10 Å². The molecule has 0 bridgehead atoms. The summed E-state index contributed by atoms with van der Waals surface area (Å²) in [6.45, 7) is 6.49.